The van der Waals surface area contributed by atoms with Gasteiger partial charge in [-0.2, -0.15) is 0 Å². The van der Waals surface area contributed by atoms with Gasteiger partial charge in [0, 0.05) is 6.42 Å². The third kappa shape index (κ3) is 1.69. The zero-order valence-corrected chi connectivity index (χ0v) is 7.05. The molecule has 2 heteroatoms. The minimum absolute atomic E-state index is 0.107. The maximum atomic E-state index is 11.0. The Balaban J connectivity index is 2.76. The molecule has 0 aromatic carbocycles. The van der Waals surface area contributed by atoms with E-state index >= 15 is 0 Å². The van der Waals surface area contributed by atoms with E-state index in [2.05, 4.69) is 6.08 Å². The zero-order valence-electron chi connectivity index (χ0n) is 7.05. The monoisotopic (exact) mass is 154 g/mol. The fraction of sp³-hybridized carbons (Fsp3) is 0.667. The van der Waals surface area contributed by atoms with Crippen LogP contribution in [-0.4, -0.2) is 16.5 Å². The van der Waals surface area contributed by atoms with Crippen molar-refractivity contribution >= 4 is 5.78 Å². The molecular formula is C9H14O2. The fourth-order valence-electron chi connectivity index (χ4n) is 1.48. The highest BCUT2D eigenvalue weighted by molar-refractivity contribution is 5.85. The van der Waals surface area contributed by atoms with Gasteiger partial charge in [0.05, 0.1) is 0 Å². The van der Waals surface area contributed by atoms with Crippen molar-refractivity contribution < 1.29 is 9.90 Å². The van der Waals surface area contributed by atoms with Crippen molar-refractivity contribution in [1.82, 2.24) is 0 Å². The molecule has 1 unspecified atom stereocenters. The Morgan fingerprint density at radius 2 is 2.36 bits per heavy atom. The topological polar surface area (TPSA) is 37.3 Å². The van der Waals surface area contributed by atoms with Crippen LogP contribution >= 0.6 is 0 Å². The maximum Gasteiger partial charge on any atom is 0.161 e. The molecule has 0 heterocycles. The lowest BCUT2D eigenvalue weighted by Gasteiger charge is -2.28. The van der Waals surface area contributed by atoms with Gasteiger partial charge in [0.1, 0.15) is 5.60 Å². The van der Waals surface area contributed by atoms with E-state index in [-0.39, 0.29) is 5.78 Å². The van der Waals surface area contributed by atoms with Crippen LogP contribution < -0.4 is 0 Å². The predicted octanol–water partition coefficient (Wildman–Crippen LogP) is 1.44. The Labute approximate surface area is 66.9 Å². The summed E-state index contributed by atoms with van der Waals surface area (Å²) in [5.41, 5.74) is 0.0627. The Morgan fingerprint density at radius 1 is 1.73 bits per heavy atom. The number of carbonyl (C=O) groups is 1. The highest BCUT2D eigenvalue weighted by atomic mass is 16.3. The lowest BCUT2D eigenvalue weighted by molar-refractivity contribution is -0.135. The molecule has 0 aliphatic heterocycles. The Hall–Kier alpha value is -0.630. The summed E-state index contributed by atoms with van der Waals surface area (Å²) in [6, 6.07) is 0. The lowest BCUT2D eigenvalue weighted by Crippen LogP contribution is -2.38. The van der Waals surface area contributed by atoms with Crippen LogP contribution in [0.2, 0.25) is 0 Å². The summed E-state index contributed by atoms with van der Waals surface area (Å²) in [4.78, 5) is 11.0. The molecular weight excluding hydrogens is 140 g/mol. The first-order valence-electron chi connectivity index (χ1n) is 3.94. The minimum atomic E-state index is -1.06. The molecule has 0 saturated heterocycles. The van der Waals surface area contributed by atoms with Gasteiger partial charge in [-0.25, -0.2) is 0 Å². The molecule has 11 heavy (non-hydrogen) atoms. The van der Waals surface area contributed by atoms with E-state index in [0.717, 1.165) is 12.0 Å². The molecule has 1 aliphatic rings. The number of ketones is 1. The summed E-state index contributed by atoms with van der Waals surface area (Å²) in [6.07, 6.45) is 4.00. The summed E-state index contributed by atoms with van der Waals surface area (Å²) in [6.45, 7) is 3.41. The fourth-order valence-corrected chi connectivity index (χ4v) is 1.48. The Kier molecular flexibility index (Phi) is 2.14. The van der Waals surface area contributed by atoms with E-state index in [1.54, 1.807) is 0 Å². The van der Waals surface area contributed by atoms with Gasteiger partial charge in [-0.3, -0.25) is 4.79 Å². The molecule has 2 nitrogen and oxygen atoms in total. The van der Waals surface area contributed by atoms with Crippen molar-refractivity contribution in [3.05, 3.63) is 11.6 Å². The average Bonchev–Trinajstić information content (AvgIpc) is 1.86. The van der Waals surface area contributed by atoms with Crippen molar-refractivity contribution in [3.8, 4) is 0 Å². The molecule has 1 rings (SSSR count). The highest BCUT2D eigenvalue weighted by Crippen LogP contribution is 2.28. The van der Waals surface area contributed by atoms with Crippen molar-refractivity contribution in [2.45, 2.75) is 38.7 Å². The SMILES string of the molecule is CC(=O)C1(O)CCC=C(C)C1. The lowest BCUT2D eigenvalue weighted by atomic mass is 9.82. The van der Waals surface area contributed by atoms with E-state index in [4.69, 9.17) is 0 Å². The Morgan fingerprint density at radius 3 is 2.73 bits per heavy atom. The summed E-state index contributed by atoms with van der Waals surface area (Å²) in [5.74, 6) is -0.107. The number of Topliss-reactive ketones (excluding diaryl/α,β-unsaturated/α-hetero) is 1. The molecule has 1 N–H and O–H groups in total. The number of aliphatic hydroxyl groups is 1. The summed E-state index contributed by atoms with van der Waals surface area (Å²) >= 11 is 0. The van der Waals surface area contributed by atoms with Crippen molar-refractivity contribution in [2.24, 2.45) is 0 Å². The van der Waals surface area contributed by atoms with Crippen LogP contribution in [0.3, 0.4) is 0 Å². The van der Waals surface area contributed by atoms with Crippen LogP contribution in [0.25, 0.3) is 0 Å². The van der Waals surface area contributed by atoms with Gasteiger partial charge in [0.25, 0.3) is 0 Å². The van der Waals surface area contributed by atoms with Gasteiger partial charge in [0.15, 0.2) is 5.78 Å². The maximum absolute atomic E-state index is 11.0. The molecule has 0 bridgehead atoms. The minimum Gasteiger partial charge on any atom is -0.382 e. The smallest absolute Gasteiger partial charge is 0.161 e. The van der Waals surface area contributed by atoms with E-state index < -0.39 is 5.60 Å². The molecule has 0 aromatic rings. The van der Waals surface area contributed by atoms with E-state index in [1.807, 2.05) is 6.92 Å². The van der Waals surface area contributed by atoms with Crippen molar-refractivity contribution in [2.75, 3.05) is 0 Å². The van der Waals surface area contributed by atoms with Gasteiger partial charge in [0.2, 0.25) is 0 Å². The normalized spacial score (nSPS) is 31.4. The van der Waals surface area contributed by atoms with Crippen LogP contribution in [0.4, 0.5) is 0 Å². The van der Waals surface area contributed by atoms with Gasteiger partial charge >= 0.3 is 0 Å². The standard InChI is InChI=1S/C9H14O2/c1-7-4-3-5-9(11,6-7)8(2)10/h4,11H,3,5-6H2,1-2H3. The quantitative estimate of drug-likeness (QED) is 0.580. The molecule has 0 radical (unpaired) electrons. The summed E-state index contributed by atoms with van der Waals surface area (Å²) in [5, 5.41) is 9.73. The predicted molar refractivity (Wildman–Crippen MR) is 43.2 cm³/mol. The van der Waals surface area contributed by atoms with Crippen LogP contribution in [0, 0.1) is 0 Å². The number of carbonyl (C=O) groups excluding carboxylic acids is 1. The number of rotatable bonds is 1. The second-order valence-electron chi connectivity index (χ2n) is 3.35. The molecule has 1 aliphatic carbocycles. The zero-order chi connectivity index (χ0) is 8.48. The number of hydrogen-bond donors (Lipinski definition) is 1. The van der Waals surface area contributed by atoms with Gasteiger partial charge in [-0.05, 0) is 26.7 Å². The Bertz CT molecular complexity index is 206. The molecule has 0 amide bonds. The van der Waals surface area contributed by atoms with E-state index in [9.17, 15) is 9.90 Å². The summed E-state index contributed by atoms with van der Waals surface area (Å²) < 4.78 is 0. The van der Waals surface area contributed by atoms with Crippen LogP contribution in [0.5, 0.6) is 0 Å². The van der Waals surface area contributed by atoms with E-state index in [1.165, 1.54) is 6.92 Å². The molecule has 0 fully saturated rings. The third-order valence-electron chi connectivity index (χ3n) is 2.28. The molecule has 1 atom stereocenters. The second kappa shape index (κ2) is 2.78. The number of allylic oxidation sites excluding steroid dienone is 1. The third-order valence-corrected chi connectivity index (χ3v) is 2.28. The van der Waals surface area contributed by atoms with Crippen molar-refractivity contribution in [3.63, 3.8) is 0 Å². The van der Waals surface area contributed by atoms with E-state index in [0.29, 0.717) is 12.8 Å². The van der Waals surface area contributed by atoms with Crippen molar-refractivity contribution in [1.29, 1.82) is 0 Å². The van der Waals surface area contributed by atoms with Crippen LogP contribution in [0.1, 0.15) is 33.1 Å². The largest absolute Gasteiger partial charge is 0.382 e. The number of hydrogen-bond acceptors (Lipinski definition) is 2. The molecule has 62 valence electrons. The highest BCUT2D eigenvalue weighted by Gasteiger charge is 2.33. The van der Waals surface area contributed by atoms with Gasteiger partial charge < -0.3 is 5.11 Å². The van der Waals surface area contributed by atoms with Gasteiger partial charge in [-0.1, -0.05) is 11.6 Å². The summed E-state index contributed by atoms with van der Waals surface area (Å²) in [7, 11) is 0. The van der Waals surface area contributed by atoms with Crippen LogP contribution in [-0.2, 0) is 4.79 Å². The first-order chi connectivity index (χ1) is 5.04. The second-order valence-corrected chi connectivity index (χ2v) is 3.35. The van der Waals surface area contributed by atoms with Crippen LogP contribution in [0.15, 0.2) is 11.6 Å². The molecule has 0 saturated carbocycles. The molecule has 0 aromatic heterocycles. The molecule has 0 spiro atoms. The van der Waals surface area contributed by atoms with Gasteiger partial charge in [-0.15, -0.1) is 0 Å². The average molecular weight is 154 g/mol. The first kappa shape index (κ1) is 8.47. The first-order valence-corrected chi connectivity index (χ1v) is 3.94.